The van der Waals surface area contributed by atoms with Crippen LogP contribution < -0.4 is 5.32 Å². The molecule has 2 rings (SSSR count). The van der Waals surface area contributed by atoms with Gasteiger partial charge in [0.2, 0.25) is 0 Å². The minimum atomic E-state index is 0. The third-order valence-corrected chi connectivity index (χ3v) is 2.91. The molecule has 86 valence electrons. The molecule has 1 fully saturated rings. The zero-order valence-electron chi connectivity index (χ0n) is 8.74. The van der Waals surface area contributed by atoms with E-state index in [9.17, 15) is 0 Å². The van der Waals surface area contributed by atoms with E-state index in [1.54, 1.807) is 0 Å². The van der Waals surface area contributed by atoms with Crippen molar-refractivity contribution in [3.63, 3.8) is 0 Å². The standard InChI is InChI=1S/C11H16N2.2ClH/c1-2-10-3-4-11(9-10)13-7-5-12-6-8-13;;/h1,9,11-12H,3-8H2;2*1H. The summed E-state index contributed by atoms with van der Waals surface area (Å²) < 4.78 is 0. The average molecular weight is 249 g/mol. The van der Waals surface area contributed by atoms with E-state index in [0.717, 1.165) is 19.5 Å². The molecule has 0 bridgehead atoms. The molecular formula is C11H18Cl2N2. The lowest BCUT2D eigenvalue weighted by Crippen LogP contribution is -2.47. The van der Waals surface area contributed by atoms with Gasteiger partial charge in [-0.1, -0.05) is 12.0 Å². The highest BCUT2D eigenvalue weighted by molar-refractivity contribution is 5.85. The molecular weight excluding hydrogens is 231 g/mol. The number of piperazine rings is 1. The van der Waals surface area contributed by atoms with E-state index < -0.39 is 0 Å². The van der Waals surface area contributed by atoms with Crippen LogP contribution in [-0.4, -0.2) is 37.1 Å². The largest absolute Gasteiger partial charge is 0.314 e. The number of hydrogen-bond acceptors (Lipinski definition) is 2. The van der Waals surface area contributed by atoms with Crippen molar-refractivity contribution in [3.8, 4) is 12.3 Å². The lowest BCUT2D eigenvalue weighted by Gasteiger charge is -2.31. The van der Waals surface area contributed by atoms with E-state index in [4.69, 9.17) is 6.42 Å². The van der Waals surface area contributed by atoms with E-state index in [1.807, 2.05) is 0 Å². The van der Waals surface area contributed by atoms with Gasteiger partial charge < -0.3 is 5.32 Å². The summed E-state index contributed by atoms with van der Waals surface area (Å²) in [5, 5.41) is 3.36. The van der Waals surface area contributed by atoms with Gasteiger partial charge in [-0.15, -0.1) is 31.2 Å². The van der Waals surface area contributed by atoms with Crippen LogP contribution in [0.25, 0.3) is 0 Å². The molecule has 2 nitrogen and oxygen atoms in total. The number of rotatable bonds is 1. The lowest BCUT2D eigenvalue weighted by molar-refractivity contribution is 0.200. The molecule has 0 aromatic carbocycles. The topological polar surface area (TPSA) is 15.3 Å². The van der Waals surface area contributed by atoms with Crippen molar-refractivity contribution in [1.29, 1.82) is 0 Å². The van der Waals surface area contributed by atoms with E-state index in [-0.39, 0.29) is 24.8 Å². The van der Waals surface area contributed by atoms with Gasteiger partial charge in [-0.25, -0.2) is 0 Å². The van der Waals surface area contributed by atoms with Gasteiger partial charge in [0.1, 0.15) is 0 Å². The molecule has 0 saturated carbocycles. The fourth-order valence-corrected chi connectivity index (χ4v) is 2.12. The Labute approximate surface area is 104 Å². The zero-order chi connectivity index (χ0) is 9.10. The monoisotopic (exact) mass is 248 g/mol. The molecule has 1 aliphatic carbocycles. The third-order valence-electron chi connectivity index (χ3n) is 2.91. The van der Waals surface area contributed by atoms with Crippen LogP contribution >= 0.6 is 24.8 Å². The predicted molar refractivity (Wildman–Crippen MR) is 68.9 cm³/mol. The van der Waals surface area contributed by atoms with Crippen molar-refractivity contribution in [2.45, 2.75) is 18.9 Å². The first-order valence-electron chi connectivity index (χ1n) is 5.02. The Hall–Kier alpha value is -0.200. The van der Waals surface area contributed by atoms with Crippen LogP contribution in [0.3, 0.4) is 0 Å². The predicted octanol–water partition coefficient (Wildman–Crippen LogP) is 1.46. The molecule has 0 amide bonds. The van der Waals surface area contributed by atoms with Crippen LogP contribution in [0.1, 0.15) is 12.8 Å². The van der Waals surface area contributed by atoms with Crippen LogP contribution in [0.5, 0.6) is 0 Å². The quantitative estimate of drug-likeness (QED) is 0.708. The Bertz CT molecular complexity index is 252. The first-order chi connectivity index (χ1) is 6.40. The summed E-state index contributed by atoms with van der Waals surface area (Å²) in [6.45, 7) is 4.57. The Balaban J connectivity index is 0.000000980. The number of allylic oxidation sites excluding steroid dienone is 1. The molecule has 1 unspecified atom stereocenters. The number of halogens is 2. The summed E-state index contributed by atoms with van der Waals surface area (Å²) in [4.78, 5) is 2.53. The highest BCUT2D eigenvalue weighted by atomic mass is 35.5. The summed E-state index contributed by atoms with van der Waals surface area (Å²) in [5.74, 6) is 2.75. The maximum absolute atomic E-state index is 5.38. The molecule has 15 heavy (non-hydrogen) atoms. The van der Waals surface area contributed by atoms with Crippen molar-refractivity contribution in [2.75, 3.05) is 26.2 Å². The summed E-state index contributed by atoms with van der Waals surface area (Å²) in [6.07, 6.45) is 9.97. The van der Waals surface area contributed by atoms with Crippen LogP contribution in [0.2, 0.25) is 0 Å². The second-order valence-corrected chi connectivity index (χ2v) is 3.73. The van der Waals surface area contributed by atoms with E-state index in [0.29, 0.717) is 6.04 Å². The number of terminal acetylenes is 1. The van der Waals surface area contributed by atoms with Gasteiger partial charge in [0.15, 0.2) is 0 Å². The third kappa shape index (κ3) is 3.70. The molecule has 1 aliphatic heterocycles. The summed E-state index contributed by atoms with van der Waals surface area (Å²) in [5.41, 5.74) is 1.20. The molecule has 1 saturated heterocycles. The Morgan fingerprint density at radius 2 is 2.00 bits per heavy atom. The van der Waals surface area contributed by atoms with E-state index in [2.05, 4.69) is 22.2 Å². The van der Waals surface area contributed by atoms with Gasteiger partial charge in [-0.3, -0.25) is 4.90 Å². The highest BCUT2D eigenvalue weighted by Gasteiger charge is 2.22. The van der Waals surface area contributed by atoms with Crippen molar-refractivity contribution < 1.29 is 0 Å². The minimum Gasteiger partial charge on any atom is -0.314 e. The van der Waals surface area contributed by atoms with Crippen molar-refractivity contribution in [1.82, 2.24) is 10.2 Å². The van der Waals surface area contributed by atoms with Gasteiger partial charge >= 0.3 is 0 Å². The molecule has 0 aromatic rings. The van der Waals surface area contributed by atoms with Gasteiger partial charge in [-0.2, -0.15) is 0 Å². The Morgan fingerprint density at radius 3 is 2.53 bits per heavy atom. The highest BCUT2D eigenvalue weighted by Crippen LogP contribution is 2.22. The normalized spacial score (nSPS) is 25.8. The zero-order valence-corrected chi connectivity index (χ0v) is 10.4. The molecule has 1 N–H and O–H groups in total. The number of hydrogen-bond donors (Lipinski definition) is 1. The fourth-order valence-electron chi connectivity index (χ4n) is 2.12. The van der Waals surface area contributed by atoms with Crippen LogP contribution in [0.15, 0.2) is 11.6 Å². The summed E-state index contributed by atoms with van der Waals surface area (Å²) >= 11 is 0. The van der Waals surface area contributed by atoms with E-state index in [1.165, 1.54) is 25.1 Å². The number of nitrogens with one attached hydrogen (secondary N) is 1. The summed E-state index contributed by atoms with van der Waals surface area (Å²) in [6, 6.07) is 0.619. The fraction of sp³-hybridized carbons (Fsp3) is 0.636. The van der Waals surface area contributed by atoms with Gasteiger partial charge in [0, 0.05) is 32.2 Å². The molecule has 0 radical (unpaired) electrons. The molecule has 0 aromatic heterocycles. The van der Waals surface area contributed by atoms with E-state index >= 15 is 0 Å². The van der Waals surface area contributed by atoms with Gasteiger partial charge in [-0.05, 0) is 18.4 Å². The Kier molecular flexibility index (Phi) is 7.04. The van der Waals surface area contributed by atoms with Crippen LogP contribution in [-0.2, 0) is 0 Å². The molecule has 1 heterocycles. The molecule has 1 atom stereocenters. The van der Waals surface area contributed by atoms with Crippen LogP contribution in [0, 0.1) is 12.3 Å². The van der Waals surface area contributed by atoms with Crippen molar-refractivity contribution >= 4 is 24.8 Å². The second kappa shape index (κ2) is 7.14. The van der Waals surface area contributed by atoms with Gasteiger partial charge in [0.25, 0.3) is 0 Å². The molecule has 2 aliphatic rings. The SMILES string of the molecule is C#CC1=CC(N2CCNCC2)CC1.Cl.Cl. The van der Waals surface area contributed by atoms with Crippen LogP contribution in [0.4, 0.5) is 0 Å². The molecule has 4 heteroatoms. The van der Waals surface area contributed by atoms with Crippen molar-refractivity contribution in [3.05, 3.63) is 11.6 Å². The smallest absolute Gasteiger partial charge is 0.0294 e. The minimum absolute atomic E-state index is 0. The summed E-state index contributed by atoms with van der Waals surface area (Å²) in [7, 11) is 0. The Morgan fingerprint density at radius 1 is 1.33 bits per heavy atom. The maximum atomic E-state index is 5.38. The first kappa shape index (κ1) is 14.8. The van der Waals surface area contributed by atoms with Gasteiger partial charge in [0.05, 0.1) is 0 Å². The number of nitrogens with zero attached hydrogens (tertiary/aromatic N) is 1. The second-order valence-electron chi connectivity index (χ2n) is 3.73. The average Bonchev–Trinajstić information content (AvgIpc) is 2.67. The first-order valence-corrected chi connectivity index (χ1v) is 5.02. The van der Waals surface area contributed by atoms with Crippen molar-refractivity contribution in [2.24, 2.45) is 0 Å². The molecule has 0 spiro atoms. The lowest BCUT2D eigenvalue weighted by atomic mass is 10.2. The maximum Gasteiger partial charge on any atom is 0.0294 e.